The molecule has 108 valence electrons. The van der Waals surface area contributed by atoms with Crippen LogP contribution in [0.3, 0.4) is 0 Å². The number of carbonyl (C=O) groups is 2. The zero-order valence-electron chi connectivity index (χ0n) is 10.9. The molecular formula is C14H16FNO3S. The molecule has 1 aliphatic rings. The van der Waals surface area contributed by atoms with Crippen LogP contribution < -0.4 is 5.32 Å². The lowest BCUT2D eigenvalue weighted by Crippen LogP contribution is -2.56. The first-order valence-corrected chi connectivity index (χ1v) is 7.54. The van der Waals surface area contributed by atoms with Gasteiger partial charge in [0, 0.05) is 0 Å². The second-order valence-electron chi connectivity index (χ2n) is 4.82. The lowest BCUT2D eigenvalue weighted by atomic mass is 9.92. The van der Waals surface area contributed by atoms with Gasteiger partial charge in [-0.25, -0.2) is 9.18 Å². The first-order valence-electron chi connectivity index (χ1n) is 6.39. The molecule has 1 aliphatic heterocycles. The van der Waals surface area contributed by atoms with E-state index in [1.54, 1.807) is 23.9 Å². The number of aliphatic carboxylic acids is 1. The zero-order chi connectivity index (χ0) is 14.6. The van der Waals surface area contributed by atoms with Crippen LogP contribution in [0.2, 0.25) is 0 Å². The summed E-state index contributed by atoms with van der Waals surface area (Å²) in [5.41, 5.74) is -0.927. The largest absolute Gasteiger partial charge is 0.480 e. The Morgan fingerprint density at radius 3 is 2.55 bits per heavy atom. The fraction of sp³-hybridized carbons (Fsp3) is 0.429. The first kappa shape index (κ1) is 14.8. The molecule has 20 heavy (non-hydrogen) atoms. The van der Waals surface area contributed by atoms with Crippen LogP contribution in [0.4, 0.5) is 4.39 Å². The van der Waals surface area contributed by atoms with Crippen LogP contribution in [0.5, 0.6) is 0 Å². The number of hydrogen-bond acceptors (Lipinski definition) is 3. The number of hydrogen-bond donors (Lipinski definition) is 2. The number of carboxylic acid groups (broad SMARTS) is 1. The Balaban J connectivity index is 2.06. The molecule has 1 heterocycles. The van der Waals surface area contributed by atoms with Gasteiger partial charge in [0.2, 0.25) is 5.91 Å². The third-order valence-corrected chi connectivity index (χ3v) is 4.43. The van der Waals surface area contributed by atoms with Crippen molar-refractivity contribution in [3.05, 3.63) is 35.6 Å². The number of amides is 1. The van der Waals surface area contributed by atoms with E-state index in [1.807, 2.05) is 0 Å². The molecule has 0 aliphatic carbocycles. The van der Waals surface area contributed by atoms with Crippen LogP contribution in [-0.4, -0.2) is 34.0 Å². The molecule has 0 unspecified atom stereocenters. The van der Waals surface area contributed by atoms with Gasteiger partial charge < -0.3 is 10.4 Å². The minimum atomic E-state index is -1.20. The lowest BCUT2D eigenvalue weighted by molar-refractivity contribution is -0.148. The highest BCUT2D eigenvalue weighted by Gasteiger charge is 2.41. The van der Waals surface area contributed by atoms with Gasteiger partial charge in [-0.15, -0.1) is 0 Å². The summed E-state index contributed by atoms with van der Waals surface area (Å²) >= 11 is 1.67. The van der Waals surface area contributed by atoms with Crippen LogP contribution in [0.15, 0.2) is 24.3 Å². The summed E-state index contributed by atoms with van der Waals surface area (Å²) in [6, 6.07) is 6.01. The van der Waals surface area contributed by atoms with Gasteiger partial charge in [-0.1, -0.05) is 18.2 Å². The van der Waals surface area contributed by atoms with Crippen molar-refractivity contribution in [2.45, 2.75) is 24.8 Å². The molecule has 0 spiro atoms. The second kappa shape index (κ2) is 6.26. The highest BCUT2D eigenvalue weighted by atomic mass is 32.2. The van der Waals surface area contributed by atoms with Crippen molar-refractivity contribution < 1.29 is 19.1 Å². The number of carbonyl (C=O) groups excluding carboxylic acids is 1. The predicted octanol–water partition coefficient (Wildman–Crippen LogP) is 1.83. The predicted molar refractivity (Wildman–Crippen MR) is 75.2 cm³/mol. The molecule has 1 aromatic rings. The standard InChI is InChI=1S/C14H16FNO3S/c15-11-4-2-1-3-10(11)9-12(17)16-14(13(18)19)5-7-20-8-6-14/h1-4H,5-9H2,(H,16,17)(H,18,19). The van der Waals surface area contributed by atoms with Gasteiger partial charge in [0.1, 0.15) is 11.4 Å². The fourth-order valence-electron chi connectivity index (χ4n) is 2.24. The normalized spacial score (nSPS) is 17.4. The zero-order valence-corrected chi connectivity index (χ0v) is 11.7. The quantitative estimate of drug-likeness (QED) is 0.890. The highest BCUT2D eigenvalue weighted by Crippen LogP contribution is 2.27. The number of halogens is 1. The van der Waals surface area contributed by atoms with Crippen molar-refractivity contribution in [3.8, 4) is 0 Å². The molecule has 1 amide bonds. The number of carboxylic acids is 1. The van der Waals surface area contributed by atoms with E-state index in [-0.39, 0.29) is 12.0 Å². The molecule has 0 atom stereocenters. The van der Waals surface area contributed by atoms with E-state index < -0.39 is 23.2 Å². The van der Waals surface area contributed by atoms with Gasteiger partial charge in [-0.05, 0) is 36.0 Å². The molecule has 1 fully saturated rings. The Labute approximate surface area is 120 Å². The average molecular weight is 297 g/mol. The van der Waals surface area contributed by atoms with Gasteiger partial charge in [0.25, 0.3) is 0 Å². The van der Waals surface area contributed by atoms with Crippen molar-refractivity contribution in [3.63, 3.8) is 0 Å². The van der Waals surface area contributed by atoms with Crippen molar-refractivity contribution >= 4 is 23.6 Å². The highest BCUT2D eigenvalue weighted by molar-refractivity contribution is 7.99. The van der Waals surface area contributed by atoms with Crippen LogP contribution in [0.25, 0.3) is 0 Å². The van der Waals surface area contributed by atoms with E-state index >= 15 is 0 Å². The van der Waals surface area contributed by atoms with E-state index in [0.717, 1.165) is 0 Å². The molecule has 0 aromatic heterocycles. The molecule has 0 saturated carbocycles. The maximum atomic E-state index is 13.5. The molecule has 2 N–H and O–H groups in total. The molecule has 6 heteroatoms. The van der Waals surface area contributed by atoms with E-state index in [1.165, 1.54) is 12.1 Å². The molecule has 4 nitrogen and oxygen atoms in total. The summed E-state index contributed by atoms with van der Waals surface area (Å²) in [5.74, 6) is -0.520. The SMILES string of the molecule is O=C(Cc1ccccc1F)NC1(C(=O)O)CCSCC1. The van der Waals surface area contributed by atoms with Gasteiger partial charge in [0.05, 0.1) is 6.42 Å². The molecule has 0 bridgehead atoms. The van der Waals surface area contributed by atoms with Gasteiger partial charge in [-0.2, -0.15) is 11.8 Å². The Kier molecular flexibility index (Phi) is 4.65. The lowest BCUT2D eigenvalue weighted by Gasteiger charge is -2.33. The summed E-state index contributed by atoms with van der Waals surface area (Å²) < 4.78 is 13.5. The second-order valence-corrected chi connectivity index (χ2v) is 6.04. The fourth-order valence-corrected chi connectivity index (χ4v) is 3.43. The first-order chi connectivity index (χ1) is 9.53. The van der Waals surface area contributed by atoms with Crippen LogP contribution in [-0.2, 0) is 16.0 Å². The molecule has 2 rings (SSSR count). The number of nitrogens with one attached hydrogen (secondary N) is 1. The summed E-state index contributed by atoms with van der Waals surface area (Å²) in [4.78, 5) is 23.4. The van der Waals surface area contributed by atoms with Crippen molar-refractivity contribution in [1.29, 1.82) is 0 Å². The minimum absolute atomic E-state index is 0.144. The Morgan fingerprint density at radius 2 is 1.95 bits per heavy atom. The topological polar surface area (TPSA) is 66.4 Å². The van der Waals surface area contributed by atoms with E-state index in [2.05, 4.69) is 5.32 Å². The smallest absolute Gasteiger partial charge is 0.329 e. The Hall–Kier alpha value is -1.56. The number of rotatable bonds is 4. The van der Waals surface area contributed by atoms with Crippen LogP contribution >= 0.6 is 11.8 Å². The van der Waals surface area contributed by atoms with Crippen LogP contribution in [0.1, 0.15) is 18.4 Å². The van der Waals surface area contributed by atoms with E-state index in [9.17, 15) is 19.1 Å². The van der Waals surface area contributed by atoms with Crippen molar-refractivity contribution in [2.75, 3.05) is 11.5 Å². The monoisotopic (exact) mass is 297 g/mol. The van der Waals surface area contributed by atoms with Crippen molar-refractivity contribution in [2.24, 2.45) is 0 Å². The van der Waals surface area contributed by atoms with Gasteiger partial charge in [-0.3, -0.25) is 4.79 Å². The van der Waals surface area contributed by atoms with Gasteiger partial charge >= 0.3 is 5.97 Å². The molecule has 1 aromatic carbocycles. The molecular weight excluding hydrogens is 281 g/mol. The summed E-state index contributed by atoms with van der Waals surface area (Å²) in [6.07, 6.45) is 0.654. The van der Waals surface area contributed by atoms with E-state index in [4.69, 9.17) is 0 Å². The average Bonchev–Trinajstić information content (AvgIpc) is 2.42. The summed E-state index contributed by atoms with van der Waals surface area (Å²) in [6.45, 7) is 0. The summed E-state index contributed by atoms with van der Waals surface area (Å²) in [5, 5.41) is 11.9. The van der Waals surface area contributed by atoms with Crippen LogP contribution in [0, 0.1) is 5.82 Å². The Morgan fingerprint density at radius 1 is 1.30 bits per heavy atom. The number of thioether (sulfide) groups is 1. The molecule has 1 saturated heterocycles. The van der Waals surface area contributed by atoms with E-state index in [0.29, 0.717) is 24.3 Å². The Bertz CT molecular complexity index is 515. The maximum Gasteiger partial charge on any atom is 0.329 e. The minimum Gasteiger partial charge on any atom is -0.480 e. The number of benzene rings is 1. The van der Waals surface area contributed by atoms with Gasteiger partial charge in [0.15, 0.2) is 0 Å². The third kappa shape index (κ3) is 3.30. The third-order valence-electron chi connectivity index (χ3n) is 3.44. The molecule has 0 radical (unpaired) electrons. The maximum absolute atomic E-state index is 13.5. The van der Waals surface area contributed by atoms with Crippen molar-refractivity contribution in [1.82, 2.24) is 5.32 Å². The summed E-state index contributed by atoms with van der Waals surface area (Å²) in [7, 11) is 0.